The molecule has 1 aliphatic rings. The Morgan fingerprint density at radius 1 is 0.525 bits per heavy atom. The lowest BCUT2D eigenvalue weighted by atomic mass is 10.0. The van der Waals surface area contributed by atoms with Crippen LogP contribution in [0.4, 0.5) is 0 Å². The van der Waals surface area contributed by atoms with E-state index in [1.165, 1.54) is 61.0 Å². The number of aromatic nitrogens is 6. The fourth-order valence-corrected chi connectivity index (χ4v) is 9.88. The molecular weight excluding hydrogens is 745 g/mol. The molecule has 0 N–H and O–H groups in total. The van der Waals surface area contributed by atoms with Gasteiger partial charge in [0.1, 0.15) is 5.82 Å². The maximum Gasteiger partial charge on any atom is 0.220 e. The minimum absolute atomic E-state index is 0.945. The highest BCUT2D eigenvalue weighted by atomic mass is 15.2. The molecule has 7 aromatic carbocycles. The number of rotatable bonds is 8. The second kappa shape index (κ2) is 14.1. The molecule has 11 aromatic rings. The number of nitrogens with zero attached hydrogens (tertiary/aromatic N) is 6. The number of para-hydroxylation sites is 4. The number of benzene rings is 7. The van der Waals surface area contributed by atoms with Crippen molar-refractivity contribution in [3.63, 3.8) is 0 Å². The van der Waals surface area contributed by atoms with Crippen molar-refractivity contribution in [2.45, 2.75) is 46.0 Å². The highest BCUT2D eigenvalue weighted by Crippen LogP contribution is 2.39. The summed E-state index contributed by atoms with van der Waals surface area (Å²) in [6.07, 6.45) is 12.0. The number of allylic oxidation sites excluding steroid dienone is 4. The first-order valence-corrected chi connectivity index (χ1v) is 21.5. The normalized spacial score (nSPS) is 13.2. The Kier molecular flexibility index (Phi) is 8.20. The van der Waals surface area contributed by atoms with E-state index in [-0.39, 0.29) is 0 Å². The van der Waals surface area contributed by atoms with Gasteiger partial charge in [-0.3, -0.25) is 13.5 Å². The van der Waals surface area contributed by atoms with Gasteiger partial charge in [-0.05, 0) is 147 Å². The van der Waals surface area contributed by atoms with E-state index in [1.807, 2.05) is 0 Å². The van der Waals surface area contributed by atoms with Gasteiger partial charge in [0, 0.05) is 22.2 Å². The number of aryl methyl sites for hydroxylation is 4. The Bertz CT molecular complexity index is 3590. The second-order valence-corrected chi connectivity index (χ2v) is 16.6. The summed E-state index contributed by atoms with van der Waals surface area (Å²) in [5.74, 6) is 1.94. The summed E-state index contributed by atoms with van der Waals surface area (Å²) >= 11 is 0. The average molecular weight is 789 g/mol. The Balaban J connectivity index is 1.02. The minimum Gasteiger partial charge on any atom is -0.309 e. The van der Waals surface area contributed by atoms with E-state index in [9.17, 15) is 0 Å². The molecule has 0 fully saturated rings. The minimum atomic E-state index is 0.945. The van der Waals surface area contributed by atoms with Crippen LogP contribution in [-0.4, -0.2) is 28.1 Å². The molecule has 0 saturated heterocycles. The maximum atomic E-state index is 5.16. The van der Waals surface area contributed by atoms with Gasteiger partial charge in [-0.1, -0.05) is 96.6 Å². The van der Waals surface area contributed by atoms with E-state index in [1.54, 1.807) is 0 Å². The van der Waals surface area contributed by atoms with Crippen molar-refractivity contribution in [1.29, 1.82) is 0 Å². The molecule has 0 radical (unpaired) electrons. The van der Waals surface area contributed by atoms with E-state index in [0.717, 1.165) is 82.5 Å². The van der Waals surface area contributed by atoms with Crippen molar-refractivity contribution in [3.05, 3.63) is 192 Å². The first-order valence-electron chi connectivity index (χ1n) is 21.5. The largest absolute Gasteiger partial charge is 0.309 e. The van der Waals surface area contributed by atoms with Crippen molar-refractivity contribution in [1.82, 2.24) is 28.1 Å². The summed E-state index contributed by atoms with van der Waals surface area (Å²) < 4.78 is 9.47. The van der Waals surface area contributed by atoms with Crippen LogP contribution in [0.3, 0.4) is 0 Å². The van der Waals surface area contributed by atoms with Gasteiger partial charge < -0.3 is 4.57 Å². The van der Waals surface area contributed by atoms with Crippen molar-refractivity contribution in [2.75, 3.05) is 0 Å². The molecule has 4 aromatic heterocycles. The molecule has 0 spiro atoms. The third-order valence-corrected chi connectivity index (χ3v) is 12.7. The van der Waals surface area contributed by atoms with Crippen LogP contribution in [-0.2, 0) is 12.8 Å². The molecule has 61 heavy (non-hydrogen) atoms. The summed E-state index contributed by atoms with van der Waals surface area (Å²) in [5, 5.41) is 2.49. The highest BCUT2D eigenvalue weighted by Gasteiger charge is 2.21. The SMILES string of the molecule is Cc1ccc2c(c1)c1cc(-c3ccc4c(c3)n3c5ccccc5nc3n4C3=CCCC=C3)ccc1n2-c1ccc(CCCc2ccccc2)c(-n2c(C)nc3ccccc32)c1. The monoisotopic (exact) mass is 788 g/mol. The zero-order valence-corrected chi connectivity index (χ0v) is 34.4. The van der Waals surface area contributed by atoms with Crippen LogP contribution >= 0.6 is 0 Å². The third kappa shape index (κ3) is 5.77. The average Bonchev–Trinajstić information content (AvgIpc) is 4.03. The third-order valence-electron chi connectivity index (χ3n) is 12.7. The van der Waals surface area contributed by atoms with Crippen LogP contribution in [0.2, 0.25) is 0 Å². The Hall–Kier alpha value is -7.44. The smallest absolute Gasteiger partial charge is 0.220 e. The highest BCUT2D eigenvalue weighted by molar-refractivity contribution is 6.11. The van der Waals surface area contributed by atoms with Gasteiger partial charge >= 0.3 is 0 Å². The van der Waals surface area contributed by atoms with Gasteiger partial charge in [0.25, 0.3) is 0 Å². The summed E-state index contributed by atoms with van der Waals surface area (Å²) in [7, 11) is 0. The molecule has 4 heterocycles. The summed E-state index contributed by atoms with van der Waals surface area (Å²) in [5.41, 5.74) is 18.8. The van der Waals surface area contributed by atoms with E-state index in [2.05, 4.69) is 202 Å². The fourth-order valence-electron chi connectivity index (χ4n) is 9.88. The lowest BCUT2D eigenvalue weighted by Crippen LogP contribution is -2.05. The van der Waals surface area contributed by atoms with Gasteiger partial charge in [0.05, 0.1) is 49.8 Å². The Morgan fingerprint density at radius 2 is 1.25 bits per heavy atom. The fraction of sp³-hybridized carbons (Fsp3) is 0.127. The topological polar surface area (TPSA) is 45.0 Å². The van der Waals surface area contributed by atoms with Crippen LogP contribution < -0.4 is 0 Å². The van der Waals surface area contributed by atoms with Crippen LogP contribution in [0.15, 0.2) is 170 Å². The molecule has 6 nitrogen and oxygen atoms in total. The van der Waals surface area contributed by atoms with Crippen LogP contribution in [0.25, 0.3) is 88.9 Å². The molecule has 294 valence electrons. The van der Waals surface area contributed by atoms with Crippen molar-refractivity contribution in [2.24, 2.45) is 0 Å². The Morgan fingerprint density at radius 3 is 2.07 bits per heavy atom. The first kappa shape index (κ1) is 35.5. The molecule has 12 rings (SSSR count). The number of hydrogen-bond acceptors (Lipinski definition) is 2. The van der Waals surface area contributed by atoms with E-state index in [4.69, 9.17) is 9.97 Å². The maximum absolute atomic E-state index is 5.16. The number of fused-ring (bicyclic) bond motifs is 9. The van der Waals surface area contributed by atoms with Crippen molar-refractivity contribution in [3.8, 4) is 22.5 Å². The van der Waals surface area contributed by atoms with Gasteiger partial charge in [0.15, 0.2) is 0 Å². The predicted molar refractivity (Wildman–Crippen MR) is 253 cm³/mol. The van der Waals surface area contributed by atoms with Crippen LogP contribution in [0.1, 0.15) is 41.8 Å². The molecule has 0 saturated carbocycles. The lowest BCUT2D eigenvalue weighted by molar-refractivity contribution is 0.811. The summed E-state index contributed by atoms with van der Waals surface area (Å²) in [6, 6.07) is 55.7. The van der Waals surface area contributed by atoms with Crippen LogP contribution in [0, 0.1) is 13.8 Å². The molecule has 0 atom stereocenters. The van der Waals surface area contributed by atoms with Gasteiger partial charge in [0.2, 0.25) is 5.78 Å². The van der Waals surface area contributed by atoms with Gasteiger partial charge in [-0.15, -0.1) is 0 Å². The predicted octanol–water partition coefficient (Wildman–Crippen LogP) is 13.5. The zero-order valence-electron chi connectivity index (χ0n) is 34.4. The van der Waals surface area contributed by atoms with Crippen LogP contribution in [0.5, 0.6) is 0 Å². The van der Waals surface area contributed by atoms with Gasteiger partial charge in [-0.25, -0.2) is 9.97 Å². The standard InChI is InChI=1S/C55H44N6/c1-36-24-29-48-44(32-36)45-33-40(41-27-31-52-54(34-41)61-51-23-12-10-21-47(51)57-55(61)60(52)42-18-7-4-8-19-42)26-30-49(45)59(48)43-28-25-39(17-13-16-38-14-5-3-6-15-38)53(35-43)58-37(2)56-46-20-9-11-22-50(46)58/h3,5-7,9-12,14-15,18-35H,4,8,13,16-17H2,1-2H3. The summed E-state index contributed by atoms with van der Waals surface area (Å²) in [4.78, 5) is 10.2. The quantitative estimate of drug-likeness (QED) is 0.154. The molecule has 0 bridgehead atoms. The van der Waals surface area contributed by atoms with Gasteiger partial charge in [-0.2, -0.15) is 0 Å². The first-order chi connectivity index (χ1) is 30.1. The number of imidazole rings is 3. The molecule has 0 unspecified atom stereocenters. The molecule has 0 aliphatic heterocycles. The Labute approximate surface area is 354 Å². The van der Waals surface area contributed by atoms with E-state index in [0.29, 0.717) is 0 Å². The lowest BCUT2D eigenvalue weighted by Gasteiger charge is -2.17. The van der Waals surface area contributed by atoms with E-state index >= 15 is 0 Å². The van der Waals surface area contributed by atoms with E-state index < -0.39 is 0 Å². The molecule has 0 amide bonds. The van der Waals surface area contributed by atoms with Crippen molar-refractivity contribution >= 4 is 66.4 Å². The van der Waals surface area contributed by atoms with Crippen molar-refractivity contribution < 1.29 is 0 Å². The molecular formula is C55H44N6. The number of hydrogen-bond donors (Lipinski definition) is 0. The second-order valence-electron chi connectivity index (χ2n) is 16.6. The molecule has 6 heteroatoms. The molecule has 1 aliphatic carbocycles. The summed E-state index contributed by atoms with van der Waals surface area (Å²) in [6.45, 7) is 4.32. The zero-order chi connectivity index (χ0) is 40.6.